The number of carbonyl (C=O) groups is 2. The third-order valence-corrected chi connectivity index (χ3v) is 6.71. The maximum Gasteiger partial charge on any atom is 0.311 e. The molecule has 0 aromatic heterocycles. The second kappa shape index (κ2) is 10.3. The summed E-state index contributed by atoms with van der Waals surface area (Å²) >= 11 is 0. The Balaban J connectivity index is 1.16. The number of aliphatic carboxylic acids is 1. The van der Waals surface area contributed by atoms with E-state index >= 15 is 0 Å². The lowest BCUT2D eigenvalue weighted by atomic mass is 9.93. The van der Waals surface area contributed by atoms with Crippen molar-refractivity contribution < 1.29 is 28.9 Å². The van der Waals surface area contributed by atoms with Crippen LogP contribution in [0.2, 0.25) is 0 Å². The van der Waals surface area contributed by atoms with Crippen LogP contribution in [0.25, 0.3) is 0 Å². The number of methoxy groups -OCH3 is 1. The van der Waals surface area contributed by atoms with Crippen molar-refractivity contribution in [1.29, 1.82) is 0 Å². The van der Waals surface area contributed by atoms with Crippen molar-refractivity contribution in [3.8, 4) is 23.0 Å². The fourth-order valence-corrected chi connectivity index (χ4v) is 4.55. The number of carboxylic acids is 1. The molecule has 1 amide bonds. The van der Waals surface area contributed by atoms with E-state index in [1.165, 1.54) is 18.4 Å². The van der Waals surface area contributed by atoms with Gasteiger partial charge in [-0.1, -0.05) is 18.2 Å². The molecule has 1 aliphatic carbocycles. The first-order valence-electron chi connectivity index (χ1n) is 12.2. The van der Waals surface area contributed by atoms with Crippen molar-refractivity contribution in [3.05, 3.63) is 82.9 Å². The summed E-state index contributed by atoms with van der Waals surface area (Å²) < 4.78 is 17.1. The van der Waals surface area contributed by atoms with E-state index in [9.17, 15) is 14.7 Å². The lowest BCUT2D eigenvalue weighted by Gasteiger charge is -2.23. The number of benzene rings is 3. The van der Waals surface area contributed by atoms with Gasteiger partial charge in [0, 0.05) is 23.7 Å². The molecule has 0 radical (unpaired) electrons. The molecule has 0 spiro atoms. The van der Waals surface area contributed by atoms with Gasteiger partial charge in [-0.15, -0.1) is 0 Å². The van der Waals surface area contributed by atoms with Gasteiger partial charge in [0.1, 0.15) is 23.0 Å². The minimum absolute atomic E-state index is 0.156. The third kappa shape index (κ3) is 5.30. The fraction of sp³-hybridized carbons (Fsp3) is 0.310. The highest BCUT2D eigenvalue weighted by atomic mass is 16.5. The number of fused-ring (bicyclic) bond motifs is 1. The molecular weight excluding hydrogens is 458 g/mol. The van der Waals surface area contributed by atoms with E-state index in [0.29, 0.717) is 60.3 Å². The van der Waals surface area contributed by atoms with Crippen molar-refractivity contribution in [2.75, 3.05) is 20.3 Å². The van der Waals surface area contributed by atoms with Crippen LogP contribution in [0.5, 0.6) is 23.0 Å². The molecule has 1 aliphatic heterocycles. The van der Waals surface area contributed by atoms with Crippen LogP contribution >= 0.6 is 0 Å². The summed E-state index contributed by atoms with van der Waals surface area (Å²) in [6, 6.07) is 18.4. The number of carboxylic acid groups (broad SMARTS) is 1. The number of nitrogens with one attached hydrogen (secondary N) is 1. The average molecular weight is 488 g/mol. The molecule has 2 aliphatic rings. The summed E-state index contributed by atoms with van der Waals surface area (Å²) in [7, 11) is 1.68. The van der Waals surface area contributed by atoms with Crippen molar-refractivity contribution in [3.63, 3.8) is 0 Å². The first-order chi connectivity index (χ1) is 17.5. The Morgan fingerprint density at radius 1 is 1.00 bits per heavy atom. The molecule has 3 aromatic rings. The summed E-state index contributed by atoms with van der Waals surface area (Å²) in [5.74, 6) is 1.61. The Morgan fingerprint density at radius 2 is 1.78 bits per heavy atom. The summed E-state index contributed by atoms with van der Waals surface area (Å²) in [6.45, 7) is 0.860. The molecule has 0 bridgehead atoms. The number of ether oxygens (including phenoxy) is 3. The molecule has 1 heterocycles. The van der Waals surface area contributed by atoms with Crippen molar-refractivity contribution in [2.24, 2.45) is 0 Å². The number of hydrogen-bond donors (Lipinski definition) is 2. The average Bonchev–Trinajstić information content (AvgIpc) is 3.74. The standard InChI is InChI=1S/C29H29NO6/c1-34-26-16-21(18-2-3-18)5-4-19(26)12-14-30-28(31)20-6-8-22(9-7-20)36-23-10-11-24-25(29(32)33)13-15-35-27(24)17-23/h4-11,16-18,25H,2-3,12-15H2,1H3,(H,30,31)(H,32,33). The molecule has 1 unspecified atom stereocenters. The van der Waals surface area contributed by atoms with Gasteiger partial charge in [0.25, 0.3) is 5.91 Å². The Hall–Kier alpha value is -4.00. The van der Waals surface area contributed by atoms with Crippen LogP contribution in [0.3, 0.4) is 0 Å². The predicted octanol–water partition coefficient (Wildman–Crippen LogP) is 5.29. The van der Waals surface area contributed by atoms with Crippen molar-refractivity contribution >= 4 is 11.9 Å². The van der Waals surface area contributed by atoms with Gasteiger partial charge >= 0.3 is 5.97 Å². The molecule has 0 saturated heterocycles. The highest BCUT2D eigenvalue weighted by molar-refractivity contribution is 5.94. The fourth-order valence-electron chi connectivity index (χ4n) is 4.55. The molecule has 186 valence electrons. The molecular formula is C29H29NO6. The zero-order valence-corrected chi connectivity index (χ0v) is 20.2. The van der Waals surface area contributed by atoms with Crippen LogP contribution in [-0.2, 0) is 11.2 Å². The second-order valence-corrected chi connectivity index (χ2v) is 9.21. The van der Waals surface area contributed by atoms with E-state index in [-0.39, 0.29) is 5.91 Å². The van der Waals surface area contributed by atoms with Crippen LogP contribution in [0, 0.1) is 0 Å². The Kier molecular flexibility index (Phi) is 6.80. The molecule has 36 heavy (non-hydrogen) atoms. The van der Waals surface area contributed by atoms with Gasteiger partial charge in [-0.3, -0.25) is 9.59 Å². The molecule has 5 rings (SSSR count). The lowest BCUT2D eigenvalue weighted by Crippen LogP contribution is -2.25. The van der Waals surface area contributed by atoms with E-state index in [1.54, 1.807) is 49.6 Å². The minimum atomic E-state index is -0.854. The van der Waals surface area contributed by atoms with Crippen molar-refractivity contribution in [2.45, 2.75) is 37.5 Å². The van der Waals surface area contributed by atoms with E-state index in [4.69, 9.17) is 14.2 Å². The minimum Gasteiger partial charge on any atom is -0.496 e. The quantitative estimate of drug-likeness (QED) is 0.426. The first-order valence-corrected chi connectivity index (χ1v) is 12.2. The van der Waals surface area contributed by atoms with Crippen molar-refractivity contribution in [1.82, 2.24) is 5.32 Å². The Bertz CT molecular complexity index is 1270. The molecule has 7 nitrogen and oxygen atoms in total. The maximum absolute atomic E-state index is 12.6. The summed E-state index contributed by atoms with van der Waals surface area (Å²) in [5, 5.41) is 12.4. The number of rotatable bonds is 9. The molecule has 1 saturated carbocycles. The van der Waals surface area contributed by atoms with E-state index < -0.39 is 11.9 Å². The van der Waals surface area contributed by atoms with Gasteiger partial charge in [0.2, 0.25) is 0 Å². The number of hydrogen-bond acceptors (Lipinski definition) is 5. The predicted molar refractivity (Wildman–Crippen MR) is 134 cm³/mol. The molecule has 3 aromatic carbocycles. The monoisotopic (exact) mass is 487 g/mol. The van der Waals surface area contributed by atoms with E-state index in [0.717, 1.165) is 11.3 Å². The normalized spacial score (nSPS) is 16.4. The first kappa shape index (κ1) is 23.7. The smallest absolute Gasteiger partial charge is 0.311 e. The van der Waals surface area contributed by atoms with Crippen LogP contribution in [-0.4, -0.2) is 37.2 Å². The van der Waals surface area contributed by atoms with E-state index in [2.05, 4.69) is 23.5 Å². The van der Waals surface area contributed by atoms with Crippen LogP contribution in [0.4, 0.5) is 0 Å². The largest absolute Gasteiger partial charge is 0.496 e. The Morgan fingerprint density at radius 3 is 2.50 bits per heavy atom. The number of carbonyl (C=O) groups excluding carboxylic acids is 1. The van der Waals surface area contributed by atoms with Gasteiger partial charge in [0.15, 0.2) is 0 Å². The van der Waals surface area contributed by atoms with Gasteiger partial charge in [-0.05, 0) is 79.1 Å². The molecule has 1 fully saturated rings. The highest BCUT2D eigenvalue weighted by Gasteiger charge is 2.28. The lowest BCUT2D eigenvalue weighted by molar-refractivity contribution is -0.139. The van der Waals surface area contributed by atoms with Gasteiger partial charge in [-0.2, -0.15) is 0 Å². The maximum atomic E-state index is 12.6. The Labute approximate surface area is 210 Å². The summed E-state index contributed by atoms with van der Waals surface area (Å²) in [6.07, 6.45) is 3.63. The summed E-state index contributed by atoms with van der Waals surface area (Å²) in [5.41, 5.74) is 3.60. The zero-order valence-electron chi connectivity index (χ0n) is 20.2. The second-order valence-electron chi connectivity index (χ2n) is 9.21. The van der Waals surface area contributed by atoms with E-state index in [1.807, 2.05) is 0 Å². The third-order valence-electron chi connectivity index (χ3n) is 6.71. The topological polar surface area (TPSA) is 94.1 Å². The van der Waals surface area contributed by atoms with Crippen LogP contribution in [0.15, 0.2) is 60.7 Å². The van der Waals surface area contributed by atoms with Gasteiger partial charge in [-0.25, -0.2) is 0 Å². The molecule has 7 heteroatoms. The molecule has 2 N–H and O–H groups in total. The number of amides is 1. The zero-order chi connectivity index (χ0) is 25.1. The van der Waals surface area contributed by atoms with Gasteiger partial charge < -0.3 is 24.6 Å². The van der Waals surface area contributed by atoms with Crippen LogP contribution in [0.1, 0.15) is 58.1 Å². The summed E-state index contributed by atoms with van der Waals surface area (Å²) in [4.78, 5) is 24.1. The van der Waals surface area contributed by atoms with Crippen LogP contribution < -0.4 is 19.5 Å². The SMILES string of the molecule is COc1cc(C2CC2)ccc1CCNC(=O)c1ccc(Oc2ccc3c(c2)OCCC3C(=O)O)cc1. The van der Waals surface area contributed by atoms with Gasteiger partial charge in [0.05, 0.1) is 19.6 Å². The molecule has 1 atom stereocenters. The highest BCUT2D eigenvalue weighted by Crippen LogP contribution is 2.41.